The van der Waals surface area contributed by atoms with Crippen LogP contribution in [0.25, 0.3) is 0 Å². The molecule has 1 atom stereocenters. The van der Waals surface area contributed by atoms with Crippen LogP contribution in [0.4, 0.5) is 0 Å². The number of rotatable bonds is 7. The third-order valence-electron chi connectivity index (χ3n) is 4.38. The standard InChI is InChI=1S/C17H22N4O5S/c1-25-17(24)12-8-19-15(16-18-4-7-27-16)20-13(12)10-21-5-6-26-11(9-21)2-3-14(22)23/h4,7,11H,2-3,5-6,8-10H2,1H3,(H,19,20)(H,22,23)/t11-/m0/s1. The lowest BCUT2D eigenvalue weighted by molar-refractivity contribution is -0.138. The van der Waals surface area contributed by atoms with E-state index < -0.39 is 11.9 Å². The Morgan fingerprint density at radius 3 is 3.07 bits per heavy atom. The molecule has 1 saturated heterocycles. The summed E-state index contributed by atoms with van der Waals surface area (Å²) >= 11 is 1.47. The van der Waals surface area contributed by atoms with E-state index in [9.17, 15) is 9.59 Å². The Kier molecular flexibility index (Phi) is 6.54. The van der Waals surface area contributed by atoms with Crippen molar-refractivity contribution in [3.05, 3.63) is 27.9 Å². The number of carbonyl (C=O) groups is 2. The monoisotopic (exact) mass is 394 g/mol. The van der Waals surface area contributed by atoms with E-state index >= 15 is 0 Å². The zero-order chi connectivity index (χ0) is 19.2. The number of carbonyl (C=O) groups excluding carboxylic acids is 1. The highest BCUT2D eigenvalue weighted by molar-refractivity contribution is 7.11. The minimum Gasteiger partial charge on any atom is -0.481 e. The molecule has 1 aromatic heterocycles. The molecule has 0 bridgehead atoms. The summed E-state index contributed by atoms with van der Waals surface area (Å²) in [7, 11) is 1.35. The van der Waals surface area contributed by atoms with Crippen molar-refractivity contribution >= 4 is 29.1 Å². The normalized spacial score (nSPS) is 20.8. The van der Waals surface area contributed by atoms with Gasteiger partial charge in [-0.3, -0.25) is 14.7 Å². The van der Waals surface area contributed by atoms with Gasteiger partial charge in [0, 0.05) is 43.3 Å². The van der Waals surface area contributed by atoms with Crippen LogP contribution in [-0.2, 0) is 19.1 Å². The van der Waals surface area contributed by atoms with Gasteiger partial charge in [-0.15, -0.1) is 11.3 Å². The molecule has 0 aromatic carbocycles. The molecule has 146 valence electrons. The van der Waals surface area contributed by atoms with E-state index in [1.165, 1.54) is 18.4 Å². The Morgan fingerprint density at radius 2 is 2.37 bits per heavy atom. The summed E-state index contributed by atoms with van der Waals surface area (Å²) in [4.78, 5) is 33.7. The van der Waals surface area contributed by atoms with Crippen LogP contribution >= 0.6 is 11.3 Å². The summed E-state index contributed by atoms with van der Waals surface area (Å²) in [5.41, 5.74) is 1.23. The molecule has 1 fully saturated rings. The maximum absolute atomic E-state index is 12.1. The molecule has 10 heteroatoms. The molecular weight excluding hydrogens is 372 g/mol. The minimum atomic E-state index is -0.829. The first-order chi connectivity index (χ1) is 13.1. The fourth-order valence-electron chi connectivity index (χ4n) is 3.03. The van der Waals surface area contributed by atoms with Gasteiger partial charge in [0.25, 0.3) is 0 Å². The molecule has 0 radical (unpaired) electrons. The average Bonchev–Trinajstić information content (AvgIpc) is 3.21. The van der Waals surface area contributed by atoms with Gasteiger partial charge in [-0.1, -0.05) is 0 Å². The first-order valence-electron chi connectivity index (χ1n) is 8.64. The van der Waals surface area contributed by atoms with Gasteiger partial charge in [0.05, 0.1) is 31.9 Å². The molecule has 2 N–H and O–H groups in total. The second kappa shape index (κ2) is 9.07. The predicted octanol–water partition coefficient (Wildman–Crippen LogP) is 0.486. The number of aliphatic imine (C=N–C) groups is 1. The first kappa shape index (κ1) is 19.5. The van der Waals surface area contributed by atoms with Crippen molar-refractivity contribution in [1.29, 1.82) is 0 Å². The minimum absolute atomic E-state index is 0.0771. The number of methoxy groups -OCH3 is 1. The number of morpholine rings is 1. The third kappa shape index (κ3) is 5.12. The van der Waals surface area contributed by atoms with Crippen molar-refractivity contribution < 1.29 is 24.2 Å². The zero-order valence-corrected chi connectivity index (χ0v) is 15.8. The number of esters is 1. The van der Waals surface area contributed by atoms with Crippen molar-refractivity contribution in [2.24, 2.45) is 4.99 Å². The average molecular weight is 394 g/mol. The summed E-state index contributed by atoms with van der Waals surface area (Å²) in [5.74, 6) is -0.594. The van der Waals surface area contributed by atoms with Crippen LogP contribution in [0.1, 0.15) is 17.8 Å². The van der Waals surface area contributed by atoms with E-state index in [4.69, 9.17) is 14.6 Å². The van der Waals surface area contributed by atoms with Crippen LogP contribution in [0.5, 0.6) is 0 Å². The Hall–Kier alpha value is -2.30. The number of nitrogens with one attached hydrogen (secondary N) is 1. The van der Waals surface area contributed by atoms with E-state index in [2.05, 4.69) is 20.2 Å². The molecule has 9 nitrogen and oxygen atoms in total. The number of carboxylic acids is 1. The van der Waals surface area contributed by atoms with Crippen LogP contribution in [-0.4, -0.2) is 78.8 Å². The van der Waals surface area contributed by atoms with Gasteiger partial charge >= 0.3 is 11.9 Å². The summed E-state index contributed by atoms with van der Waals surface area (Å²) in [6.07, 6.45) is 2.12. The molecule has 0 saturated carbocycles. The van der Waals surface area contributed by atoms with E-state index in [-0.39, 0.29) is 19.1 Å². The van der Waals surface area contributed by atoms with Crippen LogP contribution in [0.2, 0.25) is 0 Å². The summed E-state index contributed by atoms with van der Waals surface area (Å²) in [5, 5.41) is 14.7. The lowest BCUT2D eigenvalue weighted by Crippen LogP contribution is -2.46. The molecule has 0 unspecified atom stereocenters. The number of carboxylic acid groups (broad SMARTS) is 1. The fraction of sp³-hybridized carbons (Fsp3) is 0.529. The van der Waals surface area contributed by atoms with Crippen LogP contribution in [0.3, 0.4) is 0 Å². The Bertz CT molecular complexity index is 747. The smallest absolute Gasteiger partial charge is 0.337 e. The zero-order valence-electron chi connectivity index (χ0n) is 15.0. The van der Waals surface area contributed by atoms with Crippen molar-refractivity contribution in [2.45, 2.75) is 18.9 Å². The Balaban J connectivity index is 1.69. The molecular formula is C17H22N4O5S. The van der Waals surface area contributed by atoms with Crippen LogP contribution < -0.4 is 5.32 Å². The van der Waals surface area contributed by atoms with Gasteiger partial charge in [0.2, 0.25) is 0 Å². The van der Waals surface area contributed by atoms with E-state index in [0.717, 1.165) is 10.7 Å². The van der Waals surface area contributed by atoms with Gasteiger partial charge in [-0.05, 0) is 6.42 Å². The highest BCUT2D eigenvalue weighted by atomic mass is 32.1. The van der Waals surface area contributed by atoms with E-state index in [1.807, 2.05) is 5.38 Å². The SMILES string of the molecule is COC(=O)C1=C(CN2CCO[C@@H](CCC(=O)O)C2)NC(c2nccs2)=NC1. The number of hydrogen-bond donors (Lipinski definition) is 2. The van der Waals surface area contributed by atoms with E-state index in [1.54, 1.807) is 6.20 Å². The van der Waals surface area contributed by atoms with Gasteiger partial charge in [0.15, 0.2) is 10.8 Å². The highest BCUT2D eigenvalue weighted by Crippen LogP contribution is 2.18. The van der Waals surface area contributed by atoms with E-state index in [0.29, 0.717) is 44.1 Å². The number of aromatic nitrogens is 1. The van der Waals surface area contributed by atoms with Crippen molar-refractivity contribution in [1.82, 2.24) is 15.2 Å². The summed E-state index contributed by atoms with van der Waals surface area (Å²) < 4.78 is 10.6. The maximum Gasteiger partial charge on any atom is 0.337 e. The molecule has 0 aliphatic carbocycles. The first-order valence-corrected chi connectivity index (χ1v) is 9.52. The summed E-state index contributed by atoms with van der Waals surface area (Å²) in [6.45, 7) is 2.57. The number of thiazole rings is 1. The molecule has 0 amide bonds. The fourth-order valence-corrected chi connectivity index (χ4v) is 3.63. The molecule has 2 aliphatic heterocycles. The van der Waals surface area contributed by atoms with Crippen molar-refractivity contribution in [3.8, 4) is 0 Å². The lowest BCUT2D eigenvalue weighted by atomic mass is 10.1. The number of aliphatic carboxylic acids is 1. The number of nitrogens with zero attached hydrogens (tertiary/aromatic N) is 3. The topological polar surface area (TPSA) is 113 Å². The molecule has 2 aliphatic rings. The van der Waals surface area contributed by atoms with Crippen LogP contribution in [0.15, 0.2) is 27.8 Å². The van der Waals surface area contributed by atoms with Gasteiger partial charge in [0.1, 0.15) is 0 Å². The van der Waals surface area contributed by atoms with Gasteiger partial charge < -0.3 is 19.9 Å². The van der Waals surface area contributed by atoms with Gasteiger partial charge in [-0.2, -0.15) is 0 Å². The second-order valence-electron chi connectivity index (χ2n) is 6.24. The lowest BCUT2D eigenvalue weighted by Gasteiger charge is -2.34. The second-order valence-corrected chi connectivity index (χ2v) is 7.13. The number of amidine groups is 1. The van der Waals surface area contributed by atoms with Crippen molar-refractivity contribution in [2.75, 3.05) is 39.9 Å². The number of ether oxygens (including phenoxy) is 2. The Labute approximate surface area is 160 Å². The molecule has 0 spiro atoms. The third-order valence-corrected chi connectivity index (χ3v) is 5.16. The molecule has 3 rings (SSSR count). The molecule has 3 heterocycles. The summed E-state index contributed by atoms with van der Waals surface area (Å²) in [6, 6.07) is 0. The molecule has 27 heavy (non-hydrogen) atoms. The van der Waals surface area contributed by atoms with Crippen molar-refractivity contribution in [3.63, 3.8) is 0 Å². The van der Waals surface area contributed by atoms with Gasteiger partial charge in [-0.25, -0.2) is 9.78 Å². The van der Waals surface area contributed by atoms with Crippen LogP contribution in [0, 0.1) is 0 Å². The number of hydrogen-bond acceptors (Lipinski definition) is 9. The Morgan fingerprint density at radius 1 is 1.52 bits per heavy atom. The predicted molar refractivity (Wildman–Crippen MR) is 98.7 cm³/mol. The maximum atomic E-state index is 12.1. The largest absolute Gasteiger partial charge is 0.481 e. The molecule has 1 aromatic rings. The quantitative estimate of drug-likeness (QED) is 0.642. The highest BCUT2D eigenvalue weighted by Gasteiger charge is 2.27.